The lowest BCUT2D eigenvalue weighted by Gasteiger charge is -2.22. The van der Waals surface area contributed by atoms with E-state index in [9.17, 15) is 21.6 Å². The molecule has 1 saturated heterocycles. The Balaban J connectivity index is 2.03. The lowest BCUT2D eigenvalue weighted by molar-refractivity contribution is -0.137. The van der Waals surface area contributed by atoms with Crippen molar-refractivity contribution in [3.8, 4) is 5.75 Å². The summed E-state index contributed by atoms with van der Waals surface area (Å²) in [4.78, 5) is 0. The molecule has 0 saturated carbocycles. The average molecular weight is 332 g/mol. The molecular weight excluding hydrogens is 317 g/mol. The van der Waals surface area contributed by atoms with Gasteiger partial charge in [-0.15, -0.1) is 0 Å². The van der Waals surface area contributed by atoms with Crippen molar-refractivity contribution in [1.82, 2.24) is 0 Å². The molecule has 0 N–H and O–H groups in total. The summed E-state index contributed by atoms with van der Waals surface area (Å²) in [5, 5.41) is -0.947. The van der Waals surface area contributed by atoms with Gasteiger partial charge in [0.15, 0.2) is 9.84 Å². The van der Waals surface area contributed by atoms with Gasteiger partial charge in [-0.25, -0.2) is 8.42 Å². The van der Waals surface area contributed by atoms with Crippen LogP contribution in [-0.2, 0) is 16.0 Å². The van der Waals surface area contributed by atoms with E-state index in [1.54, 1.807) is 6.08 Å². The number of allylic oxidation sites excluding steroid dienone is 1. The third-order valence-electron chi connectivity index (χ3n) is 4.37. The molecule has 0 aromatic heterocycles. The number of sulfone groups is 1. The van der Waals surface area contributed by atoms with E-state index in [2.05, 4.69) is 0 Å². The minimum atomic E-state index is -4.44. The molecule has 2 unspecified atom stereocenters. The SMILES string of the molecule is COc1cc(C(F)(F)F)ccc1C1=CC2CCC(C1)S2(=O)=O. The molecule has 1 aromatic rings. The first-order valence-electron chi connectivity index (χ1n) is 6.92. The summed E-state index contributed by atoms with van der Waals surface area (Å²) in [7, 11) is -1.80. The van der Waals surface area contributed by atoms with Gasteiger partial charge in [-0.1, -0.05) is 12.1 Å². The number of hydrogen-bond donors (Lipinski definition) is 0. The second-order valence-electron chi connectivity index (χ2n) is 5.64. The number of fused-ring (bicyclic) bond motifs is 2. The number of ether oxygens (including phenoxy) is 1. The molecule has 3 nitrogen and oxygen atoms in total. The van der Waals surface area contributed by atoms with Crippen molar-refractivity contribution in [2.24, 2.45) is 0 Å². The topological polar surface area (TPSA) is 43.4 Å². The Hall–Kier alpha value is -1.50. The maximum absolute atomic E-state index is 12.8. The quantitative estimate of drug-likeness (QED) is 0.833. The number of alkyl halides is 3. The molecule has 2 heterocycles. The number of benzene rings is 1. The molecule has 2 aliphatic rings. The first kappa shape index (κ1) is 15.4. The Bertz CT molecular complexity index is 735. The highest BCUT2D eigenvalue weighted by molar-refractivity contribution is 7.93. The Morgan fingerprint density at radius 2 is 1.95 bits per heavy atom. The van der Waals surface area contributed by atoms with Crippen LogP contribution in [0.25, 0.3) is 5.57 Å². The number of methoxy groups -OCH3 is 1. The predicted molar refractivity (Wildman–Crippen MR) is 76.3 cm³/mol. The summed E-state index contributed by atoms with van der Waals surface area (Å²) in [6.45, 7) is 0. The molecule has 1 aromatic carbocycles. The maximum Gasteiger partial charge on any atom is 0.416 e. The van der Waals surface area contributed by atoms with Crippen LogP contribution in [0.5, 0.6) is 5.75 Å². The second-order valence-corrected chi connectivity index (χ2v) is 8.09. The van der Waals surface area contributed by atoms with Gasteiger partial charge < -0.3 is 4.74 Å². The van der Waals surface area contributed by atoms with E-state index in [1.807, 2.05) is 0 Å². The Kier molecular flexibility index (Phi) is 3.51. The van der Waals surface area contributed by atoms with Crippen LogP contribution in [0.4, 0.5) is 13.2 Å². The van der Waals surface area contributed by atoms with Gasteiger partial charge in [0.1, 0.15) is 5.75 Å². The van der Waals surface area contributed by atoms with E-state index in [1.165, 1.54) is 13.2 Å². The van der Waals surface area contributed by atoms with Gasteiger partial charge in [-0.2, -0.15) is 13.2 Å². The van der Waals surface area contributed by atoms with Gasteiger partial charge in [-0.05, 0) is 37.0 Å². The number of hydrogen-bond acceptors (Lipinski definition) is 3. The Morgan fingerprint density at radius 3 is 2.55 bits per heavy atom. The van der Waals surface area contributed by atoms with Crippen molar-refractivity contribution < 1.29 is 26.3 Å². The summed E-state index contributed by atoms with van der Waals surface area (Å²) in [5.41, 5.74) is 0.523. The van der Waals surface area contributed by atoms with Crippen molar-refractivity contribution >= 4 is 15.4 Å². The zero-order valence-electron chi connectivity index (χ0n) is 11.9. The van der Waals surface area contributed by atoms with Crippen LogP contribution in [0.2, 0.25) is 0 Å². The van der Waals surface area contributed by atoms with Crippen molar-refractivity contribution in [1.29, 1.82) is 0 Å². The van der Waals surface area contributed by atoms with Gasteiger partial charge in [0.25, 0.3) is 0 Å². The summed E-state index contributed by atoms with van der Waals surface area (Å²) in [6.07, 6.45) is -1.24. The molecule has 0 aliphatic carbocycles. The zero-order valence-corrected chi connectivity index (χ0v) is 12.7. The normalized spacial score (nSPS) is 26.6. The van der Waals surface area contributed by atoms with Gasteiger partial charge >= 0.3 is 6.18 Å². The van der Waals surface area contributed by atoms with Crippen LogP contribution in [0.1, 0.15) is 30.4 Å². The first-order valence-corrected chi connectivity index (χ1v) is 8.53. The summed E-state index contributed by atoms with van der Waals surface area (Å²) in [6, 6.07) is 3.33. The fourth-order valence-electron chi connectivity index (χ4n) is 3.19. The fraction of sp³-hybridized carbons (Fsp3) is 0.467. The van der Waals surface area contributed by atoms with Gasteiger partial charge in [0.05, 0.1) is 23.2 Å². The maximum atomic E-state index is 12.8. The highest BCUT2D eigenvalue weighted by Gasteiger charge is 2.43. The van der Waals surface area contributed by atoms with Crippen LogP contribution >= 0.6 is 0 Å². The minimum Gasteiger partial charge on any atom is -0.496 e. The van der Waals surface area contributed by atoms with Crippen molar-refractivity contribution in [3.63, 3.8) is 0 Å². The predicted octanol–water partition coefficient (Wildman–Crippen LogP) is 3.45. The molecule has 22 heavy (non-hydrogen) atoms. The van der Waals surface area contributed by atoms with Crippen molar-refractivity contribution in [3.05, 3.63) is 35.4 Å². The zero-order chi connectivity index (χ0) is 16.1. The monoisotopic (exact) mass is 332 g/mol. The van der Waals surface area contributed by atoms with Crippen LogP contribution in [0, 0.1) is 0 Å². The van der Waals surface area contributed by atoms with E-state index < -0.39 is 32.1 Å². The summed E-state index contributed by atoms with van der Waals surface area (Å²) < 4.78 is 67.5. The summed E-state index contributed by atoms with van der Waals surface area (Å²) in [5.74, 6) is 0.125. The lowest BCUT2D eigenvalue weighted by atomic mass is 9.98. The summed E-state index contributed by atoms with van der Waals surface area (Å²) >= 11 is 0. The highest BCUT2D eigenvalue weighted by atomic mass is 32.2. The van der Waals surface area contributed by atoms with E-state index in [0.29, 0.717) is 24.8 Å². The lowest BCUT2D eigenvalue weighted by Crippen LogP contribution is -2.26. The molecule has 0 amide bonds. The van der Waals surface area contributed by atoms with Crippen molar-refractivity contribution in [2.45, 2.75) is 35.9 Å². The number of rotatable bonds is 2. The molecule has 0 spiro atoms. The molecule has 7 heteroatoms. The van der Waals surface area contributed by atoms with E-state index in [0.717, 1.165) is 17.7 Å². The largest absolute Gasteiger partial charge is 0.496 e. The smallest absolute Gasteiger partial charge is 0.416 e. The Morgan fingerprint density at radius 1 is 1.23 bits per heavy atom. The van der Waals surface area contributed by atoms with Crippen LogP contribution in [0.15, 0.2) is 24.3 Å². The van der Waals surface area contributed by atoms with Gasteiger partial charge in [0.2, 0.25) is 0 Å². The third-order valence-corrected chi connectivity index (χ3v) is 6.92. The van der Waals surface area contributed by atoms with E-state index in [-0.39, 0.29) is 5.75 Å². The highest BCUT2D eigenvalue weighted by Crippen LogP contribution is 2.43. The minimum absolute atomic E-state index is 0.125. The Labute approximate surface area is 126 Å². The molecule has 0 radical (unpaired) electrons. The van der Waals surface area contributed by atoms with Gasteiger partial charge in [0, 0.05) is 5.56 Å². The van der Waals surface area contributed by atoms with Gasteiger partial charge in [-0.3, -0.25) is 0 Å². The molecule has 2 bridgehead atoms. The van der Waals surface area contributed by atoms with E-state index >= 15 is 0 Å². The van der Waals surface area contributed by atoms with Crippen LogP contribution in [0.3, 0.4) is 0 Å². The number of halogens is 3. The third kappa shape index (κ3) is 2.41. The average Bonchev–Trinajstić information content (AvgIpc) is 2.66. The molecule has 3 rings (SSSR count). The van der Waals surface area contributed by atoms with Crippen LogP contribution in [-0.4, -0.2) is 26.0 Å². The molecule has 2 aliphatic heterocycles. The first-order chi connectivity index (χ1) is 10.2. The fourth-order valence-corrected chi connectivity index (χ4v) is 5.38. The van der Waals surface area contributed by atoms with Crippen LogP contribution < -0.4 is 4.74 Å². The standard InChI is InChI=1S/C15H15F3O3S/c1-21-14-8-10(15(16,17)18)2-5-13(14)9-6-11-3-4-12(7-9)22(11,19)20/h2,5-6,8,11-12H,3-4,7H2,1H3. The molecule has 1 fully saturated rings. The second kappa shape index (κ2) is 5.01. The molecule has 120 valence electrons. The molecule has 2 atom stereocenters. The molecular formula is C15H15F3O3S. The van der Waals surface area contributed by atoms with E-state index in [4.69, 9.17) is 4.74 Å². The van der Waals surface area contributed by atoms with Crippen molar-refractivity contribution in [2.75, 3.05) is 7.11 Å².